The highest BCUT2D eigenvalue weighted by Crippen LogP contribution is 2.24. The molecule has 0 atom stereocenters. The van der Waals surface area contributed by atoms with Crippen molar-refractivity contribution < 1.29 is 0 Å². The molecule has 0 aliphatic rings. The lowest BCUT2D eigenvalue weighted by Gasteiger charge is -2.05. The topological polar surface area (TPSA) is 69.1 Å². The molecule has 0 aliphatic carbocycles. The smallest absolute Gasteiger partial charge is 0.186 e. The molecule has 4 aromatic rings. The Labute approximate surface area is 121 Å². The highest BCUT2D eigenvalue weighted by molar-refractivity contribution is 5.95. The lowest BCUT2D eigenvalue weighted by molar-refractivity contribution is 0.915. The van der Waals surface area contributed by atoms with E-state index in [1.807, 2.05) is 49.4 Å². The average molecular weight is 275 g/mol. The number of nitrogens with zero attached hydrogens (tertiary/aromatic N) is 4. The van der Waals surface area contributed by atoms with Crippen molar-refractivity contribution in [2.45, 2.75) is 6.92 Å². The molecular formula is C16H13N5. The van der Waals surface area contributed by atoms with Crippen molar-refractivity contribution in [1.82, 2.24) is 19.8 Å². The minimum Gasteiger partial charge on any atom is -0.399 e. The van der Waals surface area contributed by atoms with E-state index in [2.05, 4.69) is 21.4 Å². The summed E-state index contributed by atoms with van der Waals surface area (Å²) in [6.07, 6.45) is 0. The number of fused-ring (bicyclic) bond motifs is 3. The van der Waals surface area contributed by atoms with Crippen molar-refractivity contribution in [2.75, 3.05) is 5.73 Å². The summed E-state index contributed by atoms with van der Waals surface area (Å²) in [5, 5.41) is 15.4. The minimum atomic E-state index is 0.721. The Morgan fingerprint density at radius 3 is 2.38 bits per heavy atom. The third-order valence-electron chi connectivity index (χ3n) is 3.62. The molecule has 4 rings (SSSR count). The van der Waals surface area contributed by atoms with E-state index >= 15 is 0 Å². The fourth-order valence-electron chi connectivity index (χ4n) is 2.55. The minimum absolute atomic E-state index is 0.721. The normalized spacial score (nSPS) is 11.3. The highest BCUT2D eigenvalue weighted by Gasteiger charge is 2.13. The Morgan fingerprint density at radius 2 is 1.62 bits per heavy atom. The van der Waals surface area contributed by atoms with Crippen LogP contribution in [0.3, 0.4) is 0 Å². The number of benzene rings is 2. The van der Waals surface area contributed by atoms with Gasteiger partial charge >= 0.3 is 0 Å². The van der Waals surface area contributed by atoms with Gasteiger partial charge in [-0.25, -0.2) is 0 Å². The summed E-state index contributed by atoms with van der Waals surface area (Å²) in [4.78, 5) is 0. The highest BCUT2D eigenvalue weighted by atomic mass is 15.4. The van der Waals surface area contributed by atoms with E-state index in [9.17, 15) is 0 Å². The SMILES string of the molecule is Cc1nn2c(-c3ccc(N)cc3)nnc2c2ccccc12. The summed E-state index contributed by atoms with van der Waals surface area (Å²) < 4.78 is 1.79. The van der Waals surface area contributed by atoms with Crippen LogP contribution in [0.25, 0.3) is 27.8 Å². The zero-order valence-electron chi connectivity index (χ0n) is 11.5. The van der Waals surface area contributed by atoms with Gasteiger partial charge in [0.15, 0.2) is 11.5 Å². The molecule has 21 heavy (non-hydrogen) atoms. The molecule has 0 aliphatic heterocycles. The molecule has 2 aromatic heterocycles. The molecule has 5 nitrogen and oxygen atoms in total. The van der Waals surface area contributed by atoms with E-state index in [1.54, 1.807) is 4.52 Å². The molecular weight excluding hydrogens is 262 g/mol. The number of aryl methyl sites for hydroxylation is 1. The van der Waals surface area contributed by atoms with Crippen LogP contribution in [0, 0.1) is 6.92 Å². The molecule has 5 heteroatoms. The lowest BCUT2D eigenvalue weighted by atomic mass is 10.1. The maximum absolute atomic E-state index is 5.73. The van der Waals surface area contributed by atoms with Crippen molar-refractivity contribution in [3.8, 4) is 11.4 Å². The second-order valence-corrected chi connectivity index (χ2v) is 5.01. The quantitative estimate of drug-likeness (QED) is 0.542. The first-order valence-electron chi connectivity index (χ1n) is 6.71. The van der Waals surface area contributed by atoms with E-state index in [0.29, 0.717) is 0 Å². The van der Waals surface area contributed by atoms with Crippen LogP contribution in [0.4, 0.5) is 5.69 Å². The van der Waals surface area contributed by atoms with E-state index in [4.69, 9.17) is 5.73 Å². The van der Waals surface area contributed by atoms with Gasteiger partial charge in [0, 0.05) is 22.0 Å². The molecule has 2 aromatic carbocycles. The Kier molecular flexibility index (Phi) is 2.41. The Bertz CT molecular complexity index is 954. The van der Waals surface area contributed by atoms with Crippen LogP contribution in [0.1, 0.15) is 5.69 Å². The molecule has 0 saturated carbocycles. The zero-order chi connectivity index (χ0) is 14.4. The molecule has 0 radical (unpaired) electrons. The summed E-state index contributed by atoms with van der Waals surface area (Å²) in [5.74, 6) is 0.721. The first-order valence-corrected chi connectivity index (χ1v) is 6.71. The Morgan fingerprint density at radius 1 is 0.905 bits per heavy atom. The Hall–Kier alpha value is -2.95. The van der Waals surface area contributed by atoms with Crippen LogP contribution in [-0.2, 0) is 0 Å². The van der Waals surface area contributed by atoms with Gasteiger partial charge in [-0.15, -0.1) is 10.2 Å². The zero-order valence-corrected chi connectivity index (χ0v) is 11.5. The monoisotopic (exact) mass is 275 g/mol. The molecule has 0 spiro atoms. The number of aromatic nitrogens is 4. The molecule has 0 bridgehead atoms. The number of hydrogen-bond donors (Lipinski definition) is 1. The van der Waals surface area contributed by atoms with E-state index in [0.717, 1.165) is 39.2 Å². The van der Waals surface area contributed by atoms with Crippen LogP contribution >= 0.6 is 0 Å². The van der Waals surface area contributed by atoms with Crippen molar-refractivity contribution in [3.63, 3.8) is 0 Å². The number of nitrogens with two attached hydrogens (primary N) is 1. The van der Waals surface area contributed by atoms with Gasteiger partial charge in [-0.2, -0.15) is 9.61 Å². The molecule has 0 amide bonds. The number of nitrogen functional groups attached to an aromatic ring is 1. The van der Waals surface area contributed by atoms with Crippen LogP contribution < -0.4 is 5.73 Å². The van der Waals surface area contributed by atoms with Gasteiger partial charge in [-0.3, -0.25) is 0 Å². The van der Waals surface area contributed by atoms with Crippen molar-refractivity contribution in [3.05, 3.63) is 54.2 Å². The molecule has 102 valence electrons. The predicted molar refractivity (Wildman–Crippen MR) is 82.9 cm³/mol. The number of anilines is 1. The number of rotatable bonds is 1. The van der Waals surface area contributed by atoms with E-state index in [1.165, 1.54) is 0 Å². The standard InChI is InChI=1S/C16H13N5/c1-10-13-4-2-3-5-14(13)16-19-18-15(21(16)20-10)11-6-8-12(17)9-7-11/h2-9H,17H2,1H3. The van der Waals surface area contributed by atoms with E-state index < -0.39 is 0 Å². The van der Waals surface area contributed by atoms with Gasteiger partial charge in [0.25, 0.3) is 0 Å². The first kappa shape index (κ1) is 11.8. The maximum Gasteiger partial charge on any atom is 0.186 e. The fraction of sp³-hybridized carbons (Fsp3) is 0.0625. The summed E-state index contributed by atoms with van der Waals surface area (Å²) in [7, 11) is 0. The first-order chi connectivity index (χ1) is 10.2. The van der Waals surface area contributed by atoms with Crippen molar-refractivity contribution in [2.24, 2.45) is 0 Å². The van der Waals surface area contributed by atoms with Gasteiger partial charge in [0.05, 0.1) is 5.69 Å². The maximum atomic E-state index is 5.73. The fourth-order valence-corrected chi connectivity index (χ4v) is 2.55. The second-order valence-electron chi connectivity index (χ2n) is 5.01. The van der Waals surface area contributed by atoms with Gasteiger partial charge in [0.1, 0.15) is 0 Å². The molecule has 0 unspecified atom stereocenters. The largest absolute Gasteiger partial charge is 0.399 e. The summed E-state index contributed by atoms with van der Waals surface area (Å²) in [6.45, 7) is 1.99. The Balaban J connectivity index is 2.06. The molecule has 0 saturated heterocycles. The third-order valence-corrected chi connectivity index (χ3v) is 3.62. The van der Waals surface area contributed by atoms with Gasteiger partial charge in [-0.05, 0) is 31.2 Å². The van der Waals surface area contributed by atoms with Gasteiger partial charge in [0.2, 0.25) is 0 Å². The number of hydrogen-bond acceptors (Lipinski definition) is 4. The van der Waals surface area contributed by atoms with Crippen molar-refractivity contribution >= 4 is 22.1 Å². The molecule has 2 N–H and O–H groups in total. The van der Waals surface area contributed by atoms with Crippen molar-refractivity contribution in [1.29, 1.82) is 0 Å². The van der Waals surface area contributed by atoms with Crippen LogP contribution in [-0.4, -0.2) is 19.8 Å². The molecule has 2 heterocycles. The van der Waals surface area contributed by atoms with Crippen LogP contribution in [0.2, 0.25) is 0 Å². The van der Waals surface area contributed by atoms with Crippen LogP contribution in [0.5, 0.6) is 0 Å². The second kappa shape index (κ2) is 4.28. The summed E-state index contributed by atoms with van der Waals surface area (Å²) in [5.41, 5.74) is 9.12. The molecule has 0 fully saturated rings. The van der Waals surface area contributed by atoms with Gasteiger partial charge in [-0.1, -0.05) is 24.3 Å². The van der Waals surface area contributed by atoms with E-state index in [-0.39, 0.29) is 0 Å². The lowest BCUT2D eigenvalue weighted by Crippen LogP contribution is -1.99. The summed E-state index contributed by atoms with van der Waals surface area (Å²) >= 11 is 0. The predicted octanol–water partition coefficient (Wildman–Crippen LogP) is 2.84. The van der Waals surface area contributed by atoms with Crippen LogP contribution in [0.15, 0.2) is 48.5 Å². The average Bonchev–Trinajstić information content (AvgIpc) is 2.92. The third kappa shape index (κ3) is 1.74. The summed E-state index contributed by atoms with van der Waals surface area (Å²) in [6, 6.07) is 15.7. The van der Waals surface area contributed by atoms with Gasteiger partial charge < -0.3 is 5.73 Å².